The molecule has 144 valence electrons. The summed E-state index contributed by atoms with van der Waals surface area (Å²) < 4.78 is 18.2. The molecule has 0 N–H and O–H groups in total. The lowest BCUT2D eigenvalue weighted by molar-refractivity contribution is -0.131. The lowest BCUT2D eigenvalue weighted by Crippen LogP contribution is -2.49. The van der Waals surface area contributed by atoms with Crippen LogP contribution < -0.4 is 4.90 Å². The Morgan fingerprint density at radius 2 is 1.86 bits per heavy atom. The van der Waals surface area contributed by atoms with Crippen molar-refractivity contribution >= 4 is 11.7 Å². The van der Waals surface area contributed by atoms with E-state index in [9.17, 15) is 9.18 Å². The Labute approximate surface area is 161 Å². The van der Waals surface area contributed by atoms with Crippen molar-refractivity contribution in [3.63, 3.8) is 0 Å². The Balaban J connectivity index is 1.28. The van der Waals surface area contributed by atoms with Gasteiger partial charge in [0.15, 0.2) is 0 Å². The van der Waals surface area contributed by atoms with Gasteiger partial charge in [0.25, 0.3) is 0 Å². The molecule has 28 heavy (non-hydrogen) atoms. The minimum Gasteiger partial charge on any atom is -0.353 e. The van der Waals surface area contributed by atoms with Gasteiger partial charge in [-0.15, -0.1) is 0 Å². The summed E-state index contributed by atoms with van der Waals surface area (Å²) in [5.74, 6) is 1.49. The summed E-state index contributed by atoms with van der Waals surface area (Å²) in [5.41, 5.74) is 0.674. The first-order chi connectivity index (χ1) is 13.7. The summed E-state index contributed by atoms with van der Waals surface area (Å²) in [6.45, 7) is 2.86. The zero-order valence-corrected chi connectivity index (χ0v) is 15.3. The molecule has 1 aromatic carbocycles. The first-order valence-electron chi connectivity index (χ1n) is 9.21. The van der Waals surface area contributed by atoms with Gasteiger partial charge >= 0.3 is 0 Å². The third kappa shape index (κ3) is 4.16. The zero-order valence-electron chi connectivity index (χ0n) is 15.3. The second kappa shape index (κ2) is 8.16. The van der Waals surface area contributed by atoms with Crippen LogP contribution in [-0.4, -0.2) is 52.1 Å². The Bertz CT molecular complexity index is 921. The van der Waals surface area contributed by atoms with Gasteiger partial charge in [-0.05, 0) is 36.4 Å². The monoisotopic (exact) mass is 381 g/mol. The Kier molecular flexibility index (Phi) is 5.27. The predicted octanol–water partition coefficient (Wildman–Crippen LogP) is 2.55. The summed E-state index contributed by atoms with van der Waals surface area (Å²) in [7, 11) is 0. The molecule has 2 aromatic heterocycles. The molecule has 7 nitrogen and oxygen atoms in total. The number of piperazine rings is 1. The number of aryl methyl sites for hydroxylation is 1. The first-order valence-corrected chi connectivity index (χ1v) is 9.21. The molecule has 8 heteroatoms. The smallest absolute Gasteiger partial charge is 0.227 e. The van der Waals surface area contributed by atoms with Crippen molar-refractivity contribution in [1.82, 2.24) is 20.0 Å². The number of carbonyl (C=O) groups is 1. The van der Waals surface area contributed by atoms with Gasteiger partial charge < -0.3 is 14.3 Å². The highest BCUT2D eigenvalue weighted by Crippen LogP contribution is 2.17. The first kappa shape index (κ1) is 18.1. The number of nitrogens with zero attached hydrogens (tertiary/aromatic N) is 5. The van der Waals surface area contributed by atoms with Crippen molar-refractivity contribution < 1.29 is 13.7 Å². The summed E-state index contributed by atoms with van der Waals surface area (Å²) in [6.07, 6.45) is 2.47. The van der Waals surface area contributed by atoms with E-state index in [1.165, 1.54) is 12.1 Å². The molecule has 0 saturated carbocycles. The number of halogens is 1. The maximum Gasteiger partial charge on any atom is 0.227 e. The highest BCUT2D eigenvalue weighted by molar-refractivity contribution is 5.76. The third-order valence-electron chi connectivity index (χ3n) is 4.73. The number of anilines is 1. The summed E-state index contributed by atoms with van der Waals surface area (Å²) >= 11 is 0. The normalized spacial score (nSPS) is 14.3. The van der Waals surface area contributed by atoms with Crippen LogP contribution in [0.1, 0.15) is 12.3 Å². The number of benzene rings is 1. The Morgan fingerprint density at radius 3 is 2.57 bits per heavy atom. The fraction of sp³-hybridized carbons (Fsp3) is 0.300. The van der Waals surface area contributed by atoms with E-state index in [4.69, 9.17) is 4.52 Å². The van der Waals surface area contributed by atoms with Crippen molar-refractivity contribution in [3.05, 3.63) is 60.4 Å². The van der Waals surface area contributed by atoms with Crippen molar-refractivity contribution in [2.45, 2.75) is 12.8 Å². The molecule has 0 bridgehead atoms. The van der Waals surface area contributed by atoms with Crippen LogP contribution >= 0.6 is 0 Å². The molecule has 0 spiro atoms. The number of carbonyl (C=O) groups excluding carboxylic acids is 1. The van der Waals surface area contributed by atoms with Gasteiger partial charge in [-0.1, -0.05) is 11.2 Å². The number of hydrogen-bond donors (Lipinski definition) is 0. The molecule has 0 radical (unpaired) electrons. The van der Waals surface area contributed by atoms with Crippen LogP contribution in [0.25, 0.3) is 11.4 Å². The van der Waals surface area contributed by atoms with E-state index in [2.05, 4.69) is 20.0 Å². The molecular weight excluding hydrogens is 361 g/mol. The standard InChI is InChI=1S/C20H20FN5O2/c21-16-6-4-15(5-7-16)20-23-18(28-24-20)8-9-19(27)26-13-11-25(12-14-26)17-3-1-2-10-22-17/h1-7,10H,8-9,11-14H2. The number of amides is 1. The lowest BCUT2D eigenvalue weighted by atomic mass is 10.2. The summed E-state index contributed by atoms with van der Waals surface area (Å²) in [5, 5.41) is 3.90. The van der Waals surface area contributed by atoms with Crippen LogP contribution in [0.15, 0.2) is 53.2 Å². The van der Waals surface area contributed by atoms with Gasteiger partial charge in [-0.25, -0.2) is 9.37 Å². The van der Waals surface area contributed by atoms with Crippen molar-refractivity contribution in [1.29, 1.82) is 0 Å². The molecule has 1 aliphatic heterocycles. The minimum absolute atomic E-state index is 0.0715. The topological polar surface area (TPSA) is 75.4 Å². The maximum absolute atomic E-state index is 13.0. The fourth-order valence-electron chi connectivity index (χ4n) is 3.17. The van der Waals surface area contributed by atoms with E-state index in [0.29, 0.717) is 43.2 Å². The lowest BCUT2D eigenvalue weighted by Gasteiger charge is -2.35. The Morgan fingerprint density at radius 1 is 1.07 bits per heavy atom. The number of aromatic nitrogens is 3. The second-order valence-electron chi connectivity index (χ2n) is 6.57. The van der Waals surface area contributed by atoms with Crippen molar-refractivity contribution in [3.8, 4) is 11.4 Å². The average molecular weight is 381 g/mol. The van der Waals surface area contributed by atoms with Crippen LogP contribution in [0.5, 0.6) is 0 Å². The Hall–Kier alpha value is -3.29. The van der Waals surface area contributed by atoms with Gasteiger partial charge in [0.05, 0.1) is 0 Å². The van der Waals surface area contributed by atoms with E-state index in [0.717, 1.165) is 18.9 Å². The summed E-state index contributed by atoms with van der Waals surface area (Å²) in [4.78, 5) is 25.2. The average Bonchev–Trinajstić information content (AvgIpc) is 3.22. The molecule has 3 aromatic rings. The van der Waals surface area contributed by atoms with Crippen LogP contribution in [-0.2, 0) is 11.2 Å². The van der Waals surface area contributed by atoms with Gasteiger partial charge in [0.1, 0.15) is 11.6 Å². The molecule has 1 fully saturated rings. The molecular formula is C20H20FN5O2. The summed E-state index contributed by atoms with van der Waals surface area (Å²) in [6, 6.07) is 11.7. The SMILES string of the molecule is O=C(CCc1nc(-c2ccc(F)cc2)no1)N1CCN(c2ccccn2)CC1. The van der Waals surface area contributed by atoms with Crippen LogP contribution in [0.3, 0.4) is 0 Å². The molecule has 1 aliphatic rings. The quantitative estimate of drug-likeness (QED) is 0.676. The van der Waals surface area contributed by atoms with Crippen LogP contribution in [0.4, 0.5) is 10.2 Å². The van der Waals surface area contributed by atoms with Crippen LogP contribution in [0, 0.1) is 5.82 Å². The largest absolute Gasteiger partial charge is 0.353 e. The predicted molar refractivity (Wildman–Crippen MR) is 101 cm³/mol. The molecule has 4 rings (SSSR count). The number of rotatable bonds is 5. The fourth-order valence-corrected chi connectivity index (χ4v) is 3.17. The van der Waals surface area contributed by atoms with Crippen LogP contribution in [0.2, 0.25) is 0 Å². The molecule has 0 unspecified atom stereocenters. The van der Waals surface area contributed by atoms with Crippen molar-refractivity contribution in [2.75, 3.05) is 31.1 Å². The van der Waals surface area contributed by atoms with Crippen molar-refractivity contribution in [2.24, 2.45) is 0 Å². The van der Waals surface area contributed by atoms with Gasteiger partial charge in [-0.2, -0.15) is 4.98 Å². The van der Waals surface area contributed by atoms with E-state index >= 15 is 0 Å². The zero-order chi connectivity index (χ0) is 19.3. The van der Waals surface area contributed by atoms with Gasteiger partial charge in [0.2, 0.25) is 17.6 Å². The highest BCUT2D eigenvalue weighted by atomic mass is 19.1. The second-order valence-corrected chi connectivity index (χ2v) is 6.57. The van der Waals surface area contributed by atoms with Gasteiger partial charge in [0, 0.05) is 50.8 Å². The minimum atomic E-state index is -0.318. The molecule has 1 amide bonds. The van der Waals surface area contributed by atoms with E-state index in [-0.39, 0.29) is 11.7 Å². The third-order valence-corrected chi connectivity index (χ3v) is 4.73. The highest BCUT2D eigenvalue weighted by Gasteiger charge is 2.22. The van der Waals surface area contributed by atoms with E-state index < -0.39 is 0 Å². The molecule has 1 saturated heterocycles. The molecule has 0 aliphatic carbocycles. The molecule has 3 heterocycles. The maximum atomic E-state index is 13.0. The van der Waals surface area contributed by atoms with Gasteiger partial charge in [-0.3, -0.25) is 4.79 Å². The van der Waals surface area contributed by atoms with E-state index in [1.807, 2.05) is 23.1 Å². The molecule has 0 atom stereocenters. The van der Waals surface area contributed by atoms with E-state index in [1.54, 1.807) is 18.3 Å². The number of pyridine rings is 1. The number of hydrogen-bond acceptors (Lipinski definition) is 6.